The molecule has 3 nitrogen and oxygen atoms in total. The first-order chi connectivity index (χ1) is 8.58. The summed E-state index contributed by atoms with van der Waals surface area (Å²) in [5.74, 6) is 0.0232. The average molecular weight is 243 g/mol. The fraction of sp³-hybridized carbons (Fsp3) is 0.286. The maximum atomic E-state index is 12.1. The molecule has 0 aliphatic carbocycles. The number of carbonyl (C=O) groups excluding carboxylic acids is 2. The van der Waals surface area contributed by atoms with E-state index in [9.17, 15) is 9.59 Å². The molecule has 94 valence electrons. The van der Waals surface area contributed by atoms with E-state index in [0.29, 0.717) is 13.7 Å². The lowest BCUT2D eigenvalue weighted by atomic mass is 9.61. The normalized spacial score (nSPS) is 23.8. The maximum Gasteiger partial charge on any atom is 0.241 e. The summed E-state index contributed by atoms with van der Waals surface area (Å²) in [4.78, 5) is 23.3. The Morgan fingerprint density at radius 2 is 2.17 bits per heavy atom. The van der Waals surface area contributed by atoms with Gasteiger partial charge in [0, 0.05) is 6.42 Å². The van der Waals surface area contributed by atoms with E-state index in [1.807, 2.05) is 13.0 Å². The van der Waals surface area contributed by atoms with Crippen molar-refractivity contribution in [3.05, 3.63) is 49.0 Å². The zero-order valence-electron chi connectivity index (χ0n) is 10.7. The summed E-state index contributed by atoms with van der Waals surface area (Å²) in [7, 11) is 0.297. The molecule has 1 aliphatic heterocycles. The van der Waals surface area contributed by atoms with Gasteiger partial charge < -0.3 is 10.1 Å². The van der Waals surface area contributed by atoms with Crippen LogP contribution in [0.3, 0.4) is 0 Å². The van der Waals surface area contributed by atoms with Gasteiger partial charge in [-0.1, -0.05) is 55.9 Å². The average Bonchev–Trinajstić information content (AvgIpc) is 2.65. The fourth-order valence-corrected chi connectivity index (χ4v) is 2.01. The first kappa shape index (κ1) is 14.2. The highest BCUT2D eigenvalue weighted by Crippen LogP contribution is 2.16. The number of carbonyl (C=O) groups is 2. The van der Waals surface area contributed by atoms with Crippen molar-refractivity contribution in [2.24, 2.45) is 5.92 Å². The topological polar surface area (TPSA) is 46.2 Å². The largest absolute Gasteiger partial charge is 0.347 e. The Kier molecular flexibility index (Phi) is 5.37. The molecule has 2 atom stereocenters. The van der Waals surface area contributed by atoms with Crippen molar-refractivity contribution in [2.75, 3.05) is 0 Å². The predicted molar refractivity (Wildman–Crippen MR) is 75.5 cm³/mol. The molecule has 0 aromatic heterocycles. The van der Waals surface area contributed by atoms with E-state index < -0.39 is 0 Å². The van der Waals surface area contributed by atoms with Gasteiger partial charge in [-0.05, 0) is 5.92 Å². The summed E-state index contributed by atoms with van der Waals surface area (Å²) in [6, 6.07) is -0.358. The third kappa shape index (κ3) is 3.88. The van der Waals surface area contributed by atoms with Crippen LogP contribution in [0.4, 0.5) is 0 Å². The van der Waals surface area contributed by atoms with Gasteiger partial charge in [0.1, 0.15) is 5.68 Å². The molecule has 1 rings (SSSR count). The van der Waals surface area contributed by atoms with Gasteiger partial charge in [-0.3, -0.25) is 4.79 Å². The Hall–Kier alpha value is -1.84. The highest BCUT2D eigenvalue weighted by atomic mass is 16.2. The zero-order valence-corrected chi connectivity index (χ0v) is 10.7. The Morgan fingerprint density at radius 3 is 2.67 bits per heavy atom. The molecule has 1 fully saturated rings. The number of nitrogens with one attached hydrogen (secondary N) is 1. The monoisotopic (exact) mass is 243 g/mol. The quantitative estimate of drug-likeness (QED) is 0.564. The zero-order chi connectivity index (χ0) is 13.5. The van der Waals surface area contributed by atoms with Crippen LogP contribution in [0, 0.1) is 5.92 Å². The minimum Gasteiger partial charge on any atom is -0.347 e. The van der Waals surface area contributed by atoms with Crippen LogP contribution >= 0.6 is 0 Å². The Bertz CT molecular complexity index is 424. The lowest BCUT2D eigenvalue weighted by Gasteiger charge is -2.13. The van der Waals surface area contributed by atoms with Crippen LogP contribution in [-0.2, 0) is 9.59 Å². The molecule has 0 radical (unpaired) electrons. The molecule has 0 bridgehead atoms. The lowest BCUT2D eigenvalue weighted by Crippen LogP contribution is -2.39. The molecule has 1 aliphatic rings. The van der Waals surface area contributed by atoms with E-state index in [1.165, 1.54) is 0 Å². The standard InChI is InChI=1S/C14H18BNO2/c1-4-6-8-11(7-5-2)15-14(18)13-10(3)9-12(17)16-13/h4-8,10,13,15H,1-2,9H2,3H3,(H,16,17)/b8-6-,11-7+. The summed E-state index contributed by atoms with van der Waals surface area (Å²) in [6.07, 6.45) is 9.13. The van der Waals surface area contributed by atoms with E-state index in [0.717, 1.165) is 5.47 Å². The van der Waals surface area contributed by atoms with E-state index in [2.05, 4.69) is 18.5 Å². The highest BCUT2D eigenvalue weighted by molar-refractivity contribution is 6.81. The summed E-state index contributed by atoms with van der Waals surface area (Å²) in [5.41, 5.74) is 0.901. The van der Waals surface area contributed by atoms with Crippen molar-refractivity contribution >= 4 is 18.9 Å². The molecule has 18 heavy (non-hydrogen) atoms. The van der Waals surface area contributed by atoms with Crippen LogP contribution in [0.15, 0.2) is 49.0 Å². The van der Waals surface area contributed by atoms with Gasteiger partial charge in [-0.15, -0.1) is 0 Å². The SMILES string of the molecule is C=C/C=C\C(BC(=O)C1NC(=O)CC1C)=C/C=C. The first-order valence-corrected chi connectivity index (χ1v) is 6.01. The Morgan fingerprint density at radius 1 is 1.44 bits per heavy atom. The van der Waals surface area contributed by atoms with E-state index in [-0.39, 0.29) is 23.5 Å². The molecule has 1 N–H and O–H groups in total. The Labute approximate surface area is 109 Å². The van der Waals surface area contributed by atoms with Crippen LogP contribution < -0.4 is 5.32 Å². The molecule has 1 saturated heterocycles. The molecule has 0 aromatic carbocycles. The molecule has 1 amide bonds. The minimum atomic E-state index is -0.358. The van der Waals surface area contributed by atoms with Crippen molar-refractivity contribution in [1.82, 2.24) is 5.32 Å². The number of hydrogen-bond acceptors (Lipinski definition) is 2. The van der Waals surface area contributed by atoms with Crippen molar-refractivity contribution in [3.8, 4) is 0 Å². The molecule has 1 heterocycles. The van der Waals surface area contributed by atoms with Gasteiger partial charge in [0.15, 0.2) is 0 Å². The summed E-state index contributed by atoms with van der Waals surface area (Å²) in [5, 5.41) is 2.72. The summed E-state index contributed by atoms with van der Waals surface area (Å²) < 4.78 is 0. The third-order valence-electron chi connectivity index (χ3n) is 2.90. The van der Waals surface area contributed by atoms with Crippen molar-refractivity contribution in [1.29, 1.82) is 0 Å². The fourth-order valence-electron chi connectivity index (χ4n) is 2.01. The van der Waals surface area contributed by atoms with Crippen LogP contribution in [0.5, 0.6) is 0 Å². The summed E-state index contributed by atoms with van der Waals surface area (Å²) in [6.45, 7) is 9.13. The van der Waals surface area contributed by atoms with Crippen LogP contribution in [0.2, 0.25) is 0 Å². The van der Waals surface area contributed by atoms with Gasteiger partial charge in [0.25, 0.3) is 0 Å². The van der Waals surface area contributed by atoms with Crippen molar-refractivity contribution in [2.45, 2.75) is 19.4 Å². The van der Waals surface area contributed by atoms with E-state index in [4.69, 9.17) is 0 Å². The minimum absolute atomic E-state index is 0.0372. The Balaban J connectivity index is 2.70. The summed E-state index contributed by atoms with van der Waals surface area (Å²) >= 11 is 0. The van der Waals surface area contributed by atoms with E-state index in [1.54, 1.807) is 24.3 Å². The second kappa shape index (κ2) is 6.79. The smallest absolute Gasteiger partial charge is 0.241 e. The molecule has 4 heteroatoms. The van der Waals surface area contributed by atoms with Gasteiger partial charge in [-0.2, -0.15) is 0 Å². The third-order valence-corrected chi connectivity index (χ3v) is 2.90. The van der Waals surface area contributed by atoms with Gasteiger partial charge in [0.05, 0.1) is 6.04 Å². The highest BCUT2D eigenvalue weighted by Gasteiger charge is 2.33. The van der Waals surface area contributed by atoms with Crippen LogP contribution in [-0.4, -0.2) is 24.9 Å². The molecule has 0 spiro atoms. The molecule has 0 saturated carbocycles. The van der Waals surface area contributed by atoms with Crippen molar-refractivity contribution in [3.63, 3.8) is 0 Å². The van der Waals surface area contributed by atoms with Gasteiger partial charge in [-0.25, -0.2) is 0 Å². The maximum absolute atomic E-state index is 12.1. The number of amides is 1. The predicted octanol–water partition coefficient (Wildman–Crippen LogP) is 1.29. The first-order valence-electron chi connectivity index (χ1n) is 6.01. The number of hydrogen-bond donors (Lipinski definition) is 1. The second-order valence-electron chi connectivity index (χ2n) is 4.44. The van der Waals surface area contributed by atoms with Crippen molar-refractivity contribution < 1.29 is 9.59 Å². The van der Waals surface area contributed by atoms with Gasteiger partial charge >= 0.3 is 0 Å². The molecule has 0 aromatic rings. The molecule has 2 unspecified atom stereocenters. The lowest BCUT2D eigenvalue weighted by molar-refractivity contribution is -0.121. The van der Waals surface area contributed by atoms with Crippen LogP contribution in [0.25, 0.3) is 0 Å². The van der Waals surface area contributed by atoms with Crippen LogP contribution in [0.1, 0.15) is 13.3 Å². The number of rotatable bonds is 6. The second-order valence-corrected chi connectivity index (χ2v) is 4.44. The van der Waals surface area contributed by atoms with E-state index >= 15 is 0 Å². The molecular weight excluding hydrogens is 225 g/mol. The van der Waals surface area contributed by atoms with Gasteiger partial charge in [0.2, 0.25) is 13.2 Å². The molecular formula is C14H18BNO2. The number of allylic oxidation sites excluding steroid dienone is 6.